The molecule has 1 aromatic carbocycles. The van der Waals surface area contributed by atoms with Gasteiger partial charge in [0.1, 0.15) is 5.82 Å². The van der Waals surface area contributed by atoms with E-state index in [1.807, 2.05) is 0 Å². The minimum Gasteiger partial charge on any atom is -0.213 e. The maximum Gasteiger partial charge on any atom is 0.268 e. The molecule has 1 aromatic rings. The van der Waals surface area contributed by atoms with Crippen LogP contribution in [-0.2, 0) is 0 Å². The molecule has 2 unspecified atom stereocenters. The number of halogens is 1. The monoisotopic (exact) mass is 226 g/mol. The maximum absolute atomic E-state index is 12.8. The summed E-state index contributed by atoms with van der Waals surface area (Å²) in [6, 6.07) is 8.40. The minimum absolute atomic E-state index is 0.0799. The summed E-state index contributed by atoms with van der Waals surface area (Å²) in [6.45, 7) is 0.0799. The van der Waals surface area contributed by atoms with Gasteiger partial charge in [0, 0.05) is 5.97 Å². The van der Waals surface area contributed by atoms with Gasteiger partial charge in [-0.3, -0.25) is 0 Å². The molecule has 1 saturated heterocycles. The van der Waals surface area contributed by atoms with Crippen molar-refractivity contribution in [3.63, 3.8) is 0 Å². The van der Waals surface area contributed by atoms with Gasteiger partial charge in [-0.15, -0.1) is 0 Å². The van der Waals surface area contributed by atoms with E-state index in [1.165, 1.54) is 12.1 Å². The van der Waals surface area contributed by atoms with E-state index in [0.29, 0.717) is 0 Å². The van der Waals surface area contributed by atoms with E-state index in [9.17, 15) is 9.65 Å². The number of hydrogen-bond donors (Lipinski definition) is 0. The van der Waals surface area contributed by atoms with Crippen LogP contribution >= 0.6 is 0 Å². The van der Waals surface area contributed by atoms with Crippen LogP contribution in [0.15, 0.2) is 24.3 Å². The molecule has 1 fully saturated rings. The quantitative estimate of drug-likeness (QED) is 0.727. The Kier molecular flexibility index (Phi) is 3.45. The lowest BCUT2D eigenvalue weighted by Crippen LogP contribution is -2.10. The van der Waals surface area contributed by atoms with E-state index < -0.39 is 0 Å². The van der Waals surface area contributed by atoms with Crippen molar-refractivity contribution in [1.82, 2.24) is 0 Å². The molecule has 4 heteroatoms. The van der Waals surface area contributed by atoms with Crippen LogP contribution in [0.25, 0.3) is 0 Å². The average Bonchev–Trinajstić information content (AvgIpc) is 2.81. The Morgan fingerprint density at radius 1 is 1.29 bits per heavy atom. The Hall–Kier alpha value is -1.81. The van der Waals surface area contributed by atoms with Gasteiger partial charge in [-0.1, -0.05) is 31.2 Å². The molecule has 2 atom stereocenters. The fourth-order valence-corrected chi connectivity index (χ4v) is 2.56. The van der Waals surface area contributed by atoms with Gasteiger partial charge in [-0.05, 0) is 23.6 Å². The van der Waals surface area contributed by atoms with Crippen molar-refractivity contribution in [2.75, 3.05) is 0 Å². The Morgan fingerprint density at radius 3 is 2.53 bits per heavy atom. The number of rotatable bonds is 2. The van der Waals surface area contributed by atoms with Crippen LogP contribution in [0.3, 0.4) is 0 Å². The largest absolute Gasteiger partial charge is 0.268 e. The summed E-state index contributed by atoms with van der Waals surface area (Å²) in [7, 11) is 0. The Balaban J connectivity index is 2.16. The van der Waals surface area contributed by atoms with Gasteiger partial charge >= 0.3 is 0 Å². The number of nitriles is 2. The number of benzene rings is 1. The van der Waals surface area contributed by atoms with Gasteiger partial charge in [-0.2, -0.15) is 5.26 Å². The molecule has 2 nitrogen and oxygen atoms in total. The molecule has 0 amide bonds. The summed E-state index contributed by atoms with van der Waals surface area (Å²) in [6.07, 6.45) is 2.57. The maximum atomic E-state index is 12.8. The lowest BCUT2D eigenvalue weighted by molar-refractivity contribution is 0.535. The van der Waals surface area contributed by atoms with E-state index in [4.69, 9.17) is 5.26 Å². The zero-order chi connectivity index (χ0) is 12.3. The molecule has 0 aromatic heterocycles. The highest BCUT2D eigenvalue weighted by Gasteiger charge is 2.34. The topological polar surface area (TPSA) is 47.6 Å². The van der Waals surface area contributed by atoms with Crippen molar-refractivity contribution in [3.05, 3.63) is 35.6 Å². The molecule has 0 radical (unpaired) electrons. The third kappa shape index (κ3) is 2.48. The van der Waals surface area contributed by atoms with Gasteiger partial charge in [0.05, 0.1) is 12.0 Å². The zero-order valence-corrected chi connectivity index (χ0v) is 9.44. The van der Waals surface area contributed by atoms with Gasteiger partial charge < -0.3 is 0 Å². The zero-order valence-electron chi connectivity index (χ0n) is 9.44. The van der Waals surface area contributed by atoms with Crippen LogP contribution in [0.2, 0.25) is 12.6 Å². The number of hydrogen-bond acceptors (Lipinski definition) is 2. The van der Waals surface area contributed by atoms with Crippen molar-refractivity contribution >= 4 is 6.71 Å². The molecule has 1 aliphatic heterocycles. The highest BCUT2D eigenvalue weighted by atomic mass is 19.1. The van der Waals surface area contributed by atoms with Crippen LogP contribution in [0.1, 0.15) is 17.9 Å². The molecule has 2 rings (SSSR count). The minimum atomic E-state index is -0.285. The van der Waals surface area contributed by atoms with Gasteiger partial charge in [0.25, 0.3) is 6.71 Å². The highest BCUT2D eigenvalue weighted by Crippen LogP contribution is 2.37. The lowest BCUT2D eigenvalue weighted by Gasteiger charge is -2.16. The first kappa shape index (κ1) is 11.7. The van der Waals surface area contributed by atoms with Crippen LogP contribution in [-0.4, -0.2) is 6.71 Å². The second-order valence-corrected chi connectivity index (χ2v) is 4.56. The third-order valence-corrected chi connectivity index (χ3v) is 3.50. The van der Waals surface area contributed by atoms with E-state index in [0.717, 1.165) is 24.6 Å². The van der Waals surface area contributed by atoms with Crippen LogP contribution in [0.4, 0.5) is 4.39 Å². The molecule has 17 heavy (non-hydrogen) atoms. The molecule has 0 N–H and O–H groups in total. The lowest BCUT2D eigenvalue weighted by atomic mass is 9.49. The molecule has 0 spiro atoms. The summed E-state index contributed by atoms with van der Waals surface area (Å²) >= 11 is 0. The van der Waals surface area contributed by atoms with Crippen molar-refractivity contribution in [2.45, 2.75) is 25.0 Å². The van der Waals surface area contributed by atoms with Gasteiger partial charge in [-0.25, -0.2) is 9.65 Å². The first-order chi connectivity index (χ1) is 8.24. The summed E-state index contributed by atoms with van der Waals surface area (Å²) in [5.41, 5.74) is 0.859. The fraction of sp³-hybridized carbons (Fsp3) is 0.385. The van der Waals surface area contributed by atoms with Crippen molar-refractivity contribution in [2.24, 2.45) is 5.92 Å². The molecule has 1 aliphatic rings. The Labute approximate surface area is 101 Å². The third-order valence-electron chi connectivity index (χ3n) is 3.50. The summed E-state index contributed by atoms with van der Waals surface area (Å²) < 4.78 is 12.8. The smallest absolute Gasteiger partial charge is 0.213 e. The highest BCUT2D eigenvalue weighted by molar-refractivity contribution is 6.67. The first-order valence-corrected chi connectivity index (χ1v) is 5.79. The predicted octanol–water partition coefficient (Wildman–Crippen LogP) is 3.01. The second kappa shape index (κ2) is 5.02. The number of nitrogens with zero attached hydrogens (tertiary/aromatic N) is 2. The van der Waals surface area contributed by atoms with Crippen LogP contribution < -0.4 is 0 Å². The second-order valence-electron chi connectivity index (χ2n) is 4.56. The van der Waals surface area contributed by atoms with E-state index >= 15 is 0 Å². The predicted molar refractivity (Wildman–Crippen MR) is 63.8 cm³/mol. The normalized spacial score (nSPS) is 20.6. The Bertz CT molecular complexity index is 472. The summed E-state index contributed by atoms with van der Waals surface area (Å²) in [4.78, 5) is 0. The van der Waals surface area contributed by atoms with Crippen molar-refractivity contribution in [3.8, 4) is 12.0 Å². The fourth-order valence-electron chi connectivity index (χ4n) is 2.56. The molecule has 84 valence electrons. The average molecular weight is 226 g/mol. The van der Waals surface area contributed by atoms with Gasteiger partial charge in [0.2, 0.25) is 0 Å². The molecule has 1 heterocycles. The van der Waals surface area contributed by atoms with Crippen LogP contribution in [0.5, 0.6) is 0 Å². The van der Waals surface area contributed by atoms with Crippen molar-refractivity contribution < 1.29 is 4.39 Å². The SMILES string of the molecule is N#CB1CCC(C(C#N)c2ccc(F)cc2)C1. The van der Waals surface area contributed by atoms with E-state index in [-0.39, 0.29) is 24.4 Å². The molecule has 0 bridgehead atoms. The first-order valence-electron chi connectivity index (χ1n) is 5.79. The van der Waals surface area contributed by atoms with E-state index in [2.05, 4.69) is 12.0 Å². The molecular weight excluding hydrogens is 214 g/mol. The summed E-state index contributed by atoms with van der Waals surface area (Å²) in [5.74, 6) is 2.00. The van der Waals surface area contributed by atoms with Gasteiger partial charge in [0.15, 0.2) is 0 Å². The molecule has 0 aliphatic carbocycles. The molecule has 0 saturated carbocycles. The standard InChI is InChI=1S/C13H12BFN2/c15-12-3-1-10(2-4-12)13(8-16)11-5-6-14(7-11)9-17/h1-4,11,13H,5-7H2. The Morgan fingerprint density at radius 2 is 2.00 bits per heavy atom. The van der Waals surface area contributed by atoms with Crippen molar-refractivity contribution in [1.29, 1.82) is 10.5 Å². The molecular formula is C13H12BFN2. The van der Waals surface area contributed by atoms with Crippen LogP contribution in [0, 0.1) is 34.3 Å². The van der Waals surface area contributed by atoms with E-state index in [1.54, 1.807) is 12.1 Å². The summed E-state index contributed by atoms with van der Waals surface area (Å²) in [5, 5.41) is 18.1.